The minimum absolute atomic E-state index is 0.0937. The molecule has 1 aromatic heterocycles. The Kier molecular flexibility index (Phi) is 4.87. The lowest BCUT2D eigenvalue weighted by molar-refractivity contribution is -0.126. The highest BCUT2D eigenvalue weighted by Gasteiger charge is 2.29. The number of carbonyl (C=O) groups is 1. The molecule has 3 rings (SSSR count). The molecule has 5 nitrogen and oxygen atoms in total. The van der Waals surface area contributed by atoms with Gasteiger partial charge >= 0.3 is 0 Å². The maximum atomic E-state index is 12.1. The molecule has 1 N–H and O–H groups in total. The van der Waals surface area contributed by atoms with Crippen LogP contribution in [-0.2, 0) is 11.3 Å². The zero-order valence-corrected chi connectivity index (χ0v) is 13.5. The van der Waals surface area contributed by atoms with E-state index in [1.54, 1.807) is 11.3 Å². The molecule has 6 heteroatoms. The molecule has 0 saturated carbocycles. The number of rotatable bonds is 3. The van der Waals surface area contributed by atoms with Gasteiger partial charge in [-0.25, -0.2) is 4.98 Å². The third-order valence-corrected chi connectivity index (χ3v) is 5.23. The molecule has 0 spiro atoms. The SMILES string of the molecule is Cc1nc(CN2CCN(C3CCCCNC3=O)CC2)cs1. The number of nitrogens with zero attached hydrogens (tertiary/aromatic N) is 3. The number of nitrogens with one attached hydrogen (secondary N) is 1. The lowest BCUT2D eigenvalue weighted by Gasteiger charge is -2.38. The molecule has 0 radical (unpaired) electrons. The highest BCUT2D eigenvalue weighted by atomic mass is 32.1. The summed E-state index contributed by atoms with van der Waals surface area (Å²) in [7, 11) is 0. The van der Waals surface area contributed by atoms with Gasteiger partial charge in [0.05, 0.1) is 16.7 Å². The Balaban J connectivity index is 1.51. The summed E-state index contributed by atoms with van der Waals surface area (Å²) in [4.78, 5) is 21.5. The second kappa shape index (κ2) is 6.85. The molecule has 0 aromatic carbocycles. The highest BCUT2D eigenvalue weighted by molar-refractivity contribution is 7.09. The van der Waals surface area contributed by atoms with Crippen molar-refractivity contribution in [2.75, 3.05) is 32.7 Å². The molecule has 0 bridgehead atoms. The van der Waals surface area contributed by atoms with Crippen LogP contribution in [0.2, 0.25) is 0 Å². The predicted octanol–water partition coefficient (Wildman–Crippen LogP) is 1.24. The third-order valence-electron chi connectivity index (χ3n) is 4.41. The van der Waals surface area contributed by atoms with E-state index in [0.29, 0.717) is 0 Å². The van der Waals surface area contributed by atoms with Gasteiger partial charge in [-0.3, -0.25) is 14.6 Å². The Morgan fingerprint density at radius 1 is 1.33 bits per heavy atom. The minimum Gasteiger partial charge on any atom is -0.355 e. The predicted molar refractivity (Wildman–Crippen MR) is 84.3 cm³/mol. The Morgan fingerprint density at radius 2 is 2.14 bits per heavy atom. The third kappa shape index (κ3) is 3.81. The van der Waals surface area contributed by atoms with Gasteiger partial charge in [-0.05, 0) is 26.2 Å². The van der Waals surface area contributed by atoms with E-state index < -0.39 is 0 Å². The number of piperazine rings is 1. The lowest BCUT2D eigenvalue weighted by Crippen LogP contribution is -2.54. The first-order valence-electron chi connectivity index (χ1n) is 7.87. The number of hydrogen-bond donors (Lipinski definition) is 1. The van der Waals surface area contributed by atoms with Crippen LogP contribution in [-0.4, -0.2) is 59.5 Å². The fraction of sp³-hybridized carbons (Fsp3) is 0.733. The molecule has 2 fully saturated rings. The van der Waals surface area contributed by atoms with Gasteiger partial charge in [-0.15, -0.1) is 11.3 Å². The first-order chi connectivity index (χ1) is 10.2. The van der Waals surface area contributed by atoms with Crippen LogP contribution in [0.1, 0.15) is 30.0 Å². The van der Waals surface area contributed by atoms with E-state index in [9.17, 15) is 4.79 Å². The van der Waals surface area contributed by atoms with Gasteiger partial charge in [0.2, 0.25) is 5.91 Å². The van der Waals surface area contributed by atoms with E-state index in [1.165, 1.54) is 5.69 Å². The largest absolute Gasteiger partial charge is 0.355 e. The molecule has 1 amide bonds. The van der Waals surface area contributed by atoms with Crippen LogP contribution in [0, 0.1) is 6.92 Å². The van der Waals surface area contributed by atoms with Gasteiger partial charge in [0, 0.05) is 44.6 Å². The van der Waals surface area contributed by atoms with E-state index in [1.807, 2.05) is 0 Å². The van der Waals surface area contributed by atoms with Crippen LogP contribution in [0.3, 0.4) is 0 Å². The van der Waals surface area contributed by atoms with Gasteiger partial charge in [-0.2, -0.15) is 0 Å². The van der Waals surface area contributed by atoms with Gasteiger partial charge in [0.15, 0.2) is 0 Å². The molecule has 1 aromatic rings. The van der Waals surface area contributed by atoms with Crippen LogP contribution in [0.25, 0.3) is 0 Å². The number of amides is 1. The van der Waals surface area contributed by atoms with Crippen molar-refractivity contribution >= 4 is 17.2 Å². The number of carbonyl (C=O) groups excluding carboxylic acids is 1. The molecule has 1 atom stereocenters. The van der Waals surface area contributed by atoms with E-state index in [2.05, 4.69) is 32.4 Å². The molecule has 2 aliphatic heterocycles. The van der Waals surface area contributed by atoms with Crippen molar-refractivity contribution in [1.82, 2.24) is 20.1 Å². The quantitative estimate of drug-likeness (QED) is 0.913. The highest BCUT2D eigenvalue weighted by Crippen LogP contribution is 2.17. The molecule has 2 aliphatic rings. The second-order valence-corrected chi connectivity index (χ2v) is 7.03. The Morgan fingerprint density at radius 3 is 2.86 bits per heavy atom. The summed E-state index contributed by atoms with van der Waals surface area (Å²) in [6, 6.07) is 0.0937. The van der Waals surface area contributed by atoms with Crippen molar-refractivity contribution in [1.29, 1.82) is 0 Å². The fourth-order valence-corrected chi connectivity index (χ4v) is 3.82. The minimum atomic E-state index is 0.0937. The summed E-state index contributed by atoms with van der Waals surface area (Å²) in [5.41, 5.74) is 1.18. The van der Waals surface area contributed by atoms with Gasteiger partial charge in [0.1, 0.15) is 0 Å². The Bertz CT molecular complexity index is 482. The average Bonchev–Trinajstić information content (AvgIpc) is 2.76. The van der Waals surface area contributed by atoms with Crippen LogP contribution >= 0.6 is 11.3 Å². The van der Waals surface area contributed by atoms with Gasteiger partial charge < -0.3 is 5.32 Å². The van der Waals surface area contributed by atoms with Crippen LogP contribution in [0.15, 0.2) is 5.38 Å². The molecule has 3 heterocycles. The number of aromatic nitrogens is 1. The van der Waals surface area contributed by atoms with Crippen LogP contribution < -0.4 is 5.32 Å². The van der Waals surface area contributed by atoms with Gasteiger partial charge in [0.25, 0.3) is 0 Å². The summed E-state index contributed by atoms with van der Waals surface area (Å²) < 4.78 is 0. The van der Waals surface area contributed by atoms with Crippen molar-refractivity contribution in [3.8, 4) is 0 Å². The molecular formula is C15H24N4OS. The summed E-state index contributed by atoms with van der Waals surface area (Å²) in [6.45, 7) is 7.87. The van der Waals surface area contributed by atoms with E-state index in [-0.39, 0.29) is 11.9 Å². The first-order valence-corrected chi connectivity index (χ1v) is 8.75. The van der Waals surface area contributed by atoms with Crippen LogP contribution in [0.4, 0.5) is 0 Å². The maximum absolute atomic E-state index is 12.1. The second-order valence-electron chi connectivity index (χ2n) is 5.97. The summed E-state index contributed by atoms with van der Waals surface area (Å²) in [5, 5.41) is 6.33. The topological polar surface area (TPSA) is 48.5 Å². The molecule has 116 valence electrons. The van der Waals surface area contributed by atoms with Crippen molar-refractivity contribution in [3.05, 3.63) is 16.1 Å². The fourth-order valence-electron chi connectivity index (χ4n) is 3.21. The van der Waals surface area contributed by atoms with Crippen molar-refractivity contribution in [2.24, 2.45) is 0 Å². The van der Waals surface area contributed by atoms with Crippen molar-refractivity contribution in [3.63, 3.8) is 0 Å². The summed E-state index contributed by atoms with van der Waals surface area (Å²) >= 11 is 1.72. The standard InChI is InChI=1S/C15H24N4OS/c1-12-17-13(11-21-12)10-18-6-8-19(9-7-18)14-4-2-3-5-16-15(14)20/h11,14H,2-10H2,1H3,(H,16,20). The smallest absolute Gasteiger partial charge is 0.237 e. The molecule has 0 aliphatic carbocycles. The first kappa shape index (κ1) is 14.9. The van der Waals surface area contributed by atoms with E-state index in [4.69, 9.17) is 0 Å². The summed E-state index contributed by atoms with van der Waals surface area (Å²) in [5.74, 6) is 0.232. The molecule has 1 unspecified atom stereocenters. The van der Waals surface area contributed by atoms with Crippen molar-refractivity contribution in [2.45, 2.75) is 38.8 Å². The average molecular weight is 308 g/mol. The van der Waals surface area contributed by atoms with Gasteiger partial charge in [-0.1, -0.05) is 0 Å². The lowest BCUT2D eigenvalue weighted by atomic mass is 10.1. The monoisotopic (exact) mass is 308 g/mol. The molecule has 2 saturated heterocycles. The van der Waals surface area contributed by atoms with E-state index >= 15 is 0 Å². The number of aryl methyl sites for hydroxylation is 1. The van der Waals surface area contributed by atoms with Crippen molar-refractivity contribution < 1.29 is 4.79 Å². The zero-order chi connectivity index (χ0) is 14.7. The number of hydrogen-bond acceptors (Lipinski definition) is 5. The summed E-state index contributed by atoms with van der Waals surface area (Å²) in [6.07, 6.45) is 3.28. The normalized spacial score (nSPS) is 25.6. The van der Waals surface area contributed by atoms with Crippen LogP contribution in [0.5, 0.6) is 0 Å². The van der Waals surface area contributed by atoms with E-state index in [0.717, 1.165) is 63.5 Å². The Hall–Kier alpha value is -0.980. The maximum Gasteiger partial charge on any atom is 0.237 e. The number of thiazole rings is 1. The zero-order valence-electron chi connectivity index (χ0n) is 12.7. The Labute approximate surface area is 130 Å². The molecule has 21 heavy (non-hydrogen) atoms. The molecular weight excluding hydrogens is 284 g/mol.